The van der Waals surface area contributed by atoms with Crippen molar-refractivity contribution in [3.63, 3.8) is 0 Å². The zero-order valence-corrected chi connectivity index (χ0v) is 10.4. The second-order valence-electron chi connectivity index (χ2n) is 3.76. The van der Waals surface area contributed by atoms with Gasteiger partial charge in [0.25, 0.3) is 0 Å². The number of hydrogen-bond donors (Lipinski definition) is 1. The maximum Gasteiger partial charge on any atom is 0.127 e. The van der Waals surface area contributed by atoms with Gasteiger partial charge in [-0.25, -0.2) is 4.39 Å². The van der Waals surface area contributed by atoms with E-state index in [2.05, 4.69) is 5.32 Å². The van der Waals surface area contributed by atoms with Gasteiger partial charge < -0.3 is 10.1 Å². The average Bonchev–Trinajstić information content (AvgIpc) is 2.23. The Balaban J connectivity index is 2.43. The van der Waals surface area contributed by atoms with Gasteiger partial charge in [0.05, 0.1) is 6.61 Å². The fraction of sp³-hybridized carbons (Fsp3) is 0.500. The van der Waals surface area contributed by atoms with Crippen molar-refractivity contribution in [2.45, 2.75) is 19.4 Å². The number of benzene rings is 1. The quantitative estimate of drug-likeness (QED) is 0.832. The van der Waals surface area contributed by atoms with Crippen molar-refractivity contribution in [3.8, 4) is 0 Å². The molecule has 1 atom stereocenters. The number of rotatable bonds is 6. The van der Waals surface area contributed by atoms with Crippen LogP contribution in [0.4, 0.5) is 4.39 Å². The molecule has 1 aromatic rings. The van der Waals surface area contributed by atoms with Crippen LogP contribution in [0.15, 0.2) is 18.2 Å². The molecule has 0 aromatic heterocycles. The predicted molar refractivity (Wildman–Crippen MR) is 64.5 cm³/mol. The van der Waals surface area contributed by atoms with Gasteiger partial charge in [0, 0.05) is 23.7 Å². The van der Waals surface area contributed by atoms with Gasteiger partial charge in [0.15, 0.2) is 0 Å². The molecule has 0 aliphatic heterocycles. The first-order valence-corrected chi connectivity index (χ1v) is 5.68. The van der Waals surface area contributed by atoms with Crippen LogP contribution in [0.2, 0.25) is 5.02 Å². The molecule has 90 valence electrons. The molecule has 0 aliphatic carbocycles. The fourth-order valence-corrected chi connectivity index (χ4v) is 1.78. The van der Waals surface area contributed by atoms with Crippen LogP contribution in [-0.2, 0) is 11.2 Å². The first-order chi connectivity index (χ1) is 7.65. The summed E-state index contributed by atoms with van der Waals surface area (Å²) >= 11 is 5.91. The zero-order valence-electron chi connectivity index (χ0n) is 9.59. The first-order valence-electron chi connectivity index (χ1n) is 5.30. The molecule has 0 aliphatic rings. The smallest absolute Gasteiger partial charge is 0.127 e. The summed E-state index contributed by atoms with van der Waals surface area (Å²) in [6.45, 7) is 3.35. The van der Waals surface area contributed by atoms with Gasteiger partial charge in [0.2, 0.25) is 0 Å². The minimum absolute atomic E-state index is 0.242. The van der Waals surface area contributed by atoms with Crippen molar-refractivity contribution in [1.29, 1.82) is 0 Å². The molecular weight excluding hydrogens is 229 g/mol. The lowest BCUT2D eigenvalue weighted by Crippen LogP contribution is -2.31. The molecule has 2 nitrogen and oxygen atoms in total. The van der Waals surface area contributed by atoms with Crippen LogP contribution in [0.1, 0.15) is 12.5 Å². The van der Waals surface area contributed by atoms with Crippen molar-refractivity contribution < 1.29 is 9.13 Å². The van der Waals surface area contributed by atoms with E-state index in [0.717, 1.165) is 0 Å². The topological polar surface area (TPSA) is 21.3 Å². The molecule has 0 amide bonds. The molecule has 1 aromatic carbocycles. The lowest BCUT2D eigenvalue weighted by atomic mass is 10.1. The summed E-state index contributed by atoms with van der Waals surface area (Å²) in [5.74, 6) is -0.242. The third kappa shape index (κ3) is 4.08. The second-order valence-corrected chi connectivity index (χ2v) is 4.17. The Labute approximate surface area is 101 Å². The van der Waals surface area contributed by atoms with Crippen molar-refractivity contribution in [3.05, 3.63) is 34.6 Å². The van der Waals surface area contributed by atoms with E-state index in [0.29, 0.717) is 30.2 Å². The van der Waals surface area contributed by atoms with E-state index >= 15 is 0 Å². The molecular formula is C12H17ClFNO. The molecule has 16 heavy (non-hydrogen) atoms. The van der Waals surface area contributed by atoms with Gasteiger partial charge in [-0.2, -0.15) is 0 Å². The Hall–Kier alpha value is -0.640. The van der Waals surface area contributed by atoms with Crippen molar-refractivity contribution in [2.24, 2.45) is 0 Å². The maximum absolute atomic E-state index is 13.4. The molecule has 0 fully saturated rings. The molecule has 1 rings (SSSR count). The summed E-state index contributed by atoms with van der Waals surface area (Å²) in [7, 11) is 1.66. The van der Waals surface area contributed by atoms with Crippen LogP contribution >= 0.6 is 11.6 Å². The van der Waals surface area contributed by atoms with Gasteiger partial charge in [-0.3, -0.25) is 0 Å². The van der Waals surface area contributed by atoms with Gasteiger partial charge in [-0.15, -0.1) is 0 Å². The van der Waals surface area contributed by atoms with Gasteiger partial charge >= 0.3 is 0 Å². The number of ether oxygens (including phenoxy) is 1. The van der Waals surface area contributed by atoms with Crippen LogP contribution in [0.25, 0.3) is 0 Å². The Morgan fingerprint density at radius 3 is 2.88 bits per heavy atom. The number of methoxy groups -OCH3 is 1. The highest BCUT2D eigenvalue weighted by Gasteiger charge is 2.07. The molecule has 0 heterocycles. The van der Waals surface area contributed by atoms with Gasteiger partial charge in [0.1, 0.15) is 5.82 Å². The van der Waals surface area contributed by atoms with E-state index in [1.807, 2.05) is 6.92 Å². The van der Waals surface area contributed by atoms with Gasteiger partial charge in [-0.1, -0.05) is 17.7 Å². The lowest BCUT2D eigenvalue weighted by Gasteiger charge is -2.13. The Morgan fingerprint density at radius 2 is 2.25 bits per heavy atom. The van der Waals surface area contributed by atoms with Crippen molar-refractivity contribution >= 4 is 11.6 Å². The first kappa shape index (κ1) is 13.4. The molecule has 4 heteroatoms. The van der Waals surface area contributed by atoms with E-state index in [1.54, 1.807) is 19.2 Å². The summed E-state index contributed by atoms with van der Waals surface area (Å²) in [4.78, 5) is 0. The summed E-state index contributed by atoms with van der Waals surface area (Å²) < 4.78 is 18.4. The third-order valence-corrected chi connectivity index (χ3v) is 2.70. The number of nitrogens with one attached hydrogen (secondary N) is 1. The highest BCUT2D eigenvalue weighted by atomic mass is 35.5. The maximum atomic E-state index is 13.4. The zero-order chi connectivity index (χ0) is 12.0. The molecule has 0 radical (unpaired) electrons. The molecule has 1 N–H and O–H groups in total. The number of hydrogen-bond acceptors (Lipinski definition) is 2. The number of halogens is 2. The van der Waals surface area contributed by atoms with E-state index in [-0.39, 0.29) is 11.9 Å². The van der Waals surface area contributed by atoms with Gasteiger partial charge in [-0.05, 0) is 32.0 Å². The SMILES string of the molecule is COCC(C)NCCc1c(F)cccc1Cl. The molecule has 0 spiro atoms. The van der Waals surface area contributed by atoms with Crippen molar-refractivity contribution in [2.75, 3.05) is 20.3 Å². The summed E-state index contributed by atoms with van der Waals surface area (Å²) in [6, 6.07) is 5.01. The summed E-state index contributed by atoms with van der Waals surface area (Å²) in [5.41, 5.74) is 0.571. The fourth-order valence-electron chi connectivity index (χ4n) is 1.52. The average molecular weight is 246 g/mol. The summed E-state index contributed by atoms with van der Waals surface area (Å²) in [6.07, 6.45) is 0.583. The normalized spacial score (nSPS) is 12.8. The highest BCUT2D eigenvalue weighted by Crippen LogP contribution is 2.18. The molecule has 0 saturated heterocycles. The minimum atomic E-state index is -0.242. The Morgan fingerprint density at radius 1 is 1.50 bits per heavy atom. The van der Waals surface area contributed by atoms with E-state index in [1.165, 1.54) is 6.07 Å². The van der Waals surface area contributed by atoms with Crippen LogP contribution in [0.5, 0.6) is 0 Å². The Bertz CT molecular complexity index is 313. The monoisotopic (exact) mass is 245 g/mol. The van der Waals surface area contributed by atoms with E-state index in [4.69, 9.17) is 16.3 Å². The predicted octanol–water partition coefficient (Wildman–Crippen LogP) is 2.65. The standard InChI is InChI=1S/C12H17ClFNO/c1-9(8-16-2)15-7-6-10-11(13)4-3-5-12(10)14/h3-5,9,15H,6-8H2,1-2H3. The van der Waals surface area contributed by atoms with Crippen LogP contribution in [0, 0.1) is 5.82 Å². The highest BCUT2D eigenvalue weighted by molar-refractivity contribution is 6.31. The lowest BCUT2D eigenvalue weighted by molar-refractivity contribution is 0.172. The van der Waals surface area contributed by atoms with Crippen LogP contribution in [-0.4, -0.2) is 26.3 Å². The van der Waals surface area contributed by atoms with Crippen LogP contribution in [0.3, 0.4) is 0 Å². The van der Waals surface area contributed by atoms with Crippen LogP contribution < -0.4 is 5.32 Å². The molecule has 0 saturated carbocycles. The minimum Gasteiger partial charge on any atom is -0.383 e. The largest absolute Gasteiger partial charge is 0.383 e. The molecule has 1 unspecified atom stereocenters. The summed E-state index contributed by atoms with van der Waals surface area (Å²) in [5, 5.41) is 3.72. The van der Waals surface area contributed by atoms with E-state index < -0.39 is 0 Å². The molecule has 0 bridgehead atoms. The third-order valence-electron chi connectivity index (χ3n) is 2.35. The second kappa shape index (κ2) is 6.84. The van der Waals surface area contributed by atoms with Crippen molar-refractivity contribution in [1.82, 2.24) is 5.32 Å². The van der Waals surface area contributed by atoms with E-state index in [9.17, 15) is 4.39 Å². The Kier molecular flexibility index (Phi) is 5.74.